The Morgan fingerprint density at radius 1 is 1.53 bits per heavy atom. The average molecular weight is 224 g/mol. The highest BCUT2D eigenvalue weighted by Gasteiger charge is 1.94. The molecule has 0 aliphatic carbocycles. The van der Waals surface area contributed by atoms with Crippen LogP contribution >= 0.6 is 11.6 Å². The van der Waals surface area contributed by atoms with Crippen LogP contribution < -0.4 is 5.32 Å². The number of hydrogen-bond acceptors (Lipinski definition) is 1. The number of halogens is 1. The molecular formula is C12H14ClNO. The summed E-state index contributed by atoms with van der Waals surface area (Å²) in [4.78, 5) is 10.6. The first-order valence-corrected chi connectivity index (χ1v) is 5.14. The maximum atomic E-state index is 10.6. The molecule has 0 unspecified atom stereocenters. The second-order valence-corrected chi connectivity index (χ2v) is 3.78. The normalized spacial score (nSPS) is 10.6. The van der Waals surface area contributed by atoms with Gasteiger partial charge in [0.2, 0.25) is 5.91 Å². The lowest BCUT2D eigenvalue weighted by atomic mass is 10.1. The lowest BCUT2D eigenvalue weighted by molar-refractivity contribution is -0.118. The molecule has 0 saturated heterocycles. The highest BCUT2D eigenvalue weighted by molar-refractivity contribution is 6.30. The van der Waals surface area contributed by atoms with Gasteiger partial charge < -0.3 is 5.32 Å². The van der Waals surface area contributed by atoms with E-state index >= 15 is 0 Å². The lowest BCUT2D eigenvalue weighted by Gasteiger charge is -2.00. The van der Waals surface area contributed by atoms with Crippen LogP contribution in [0.2, 0.25) is 5.02 Å². The van der Waals surface area contributed by atoms with Crippen molar-refractivity contribution >= 4 is 23.6 Å². The summed E-state index contributed by atoms with van der Waals surface area (Å²) in [6, 6.07) is 5.74. The number of nitrogens with one attached hydrogen (secondary N) is 1. The van der Waals surface area contributed by atoms with Gasteiger partial charge in [-0.1, -0.05) is 29.8 Å². The fourth-order valence-electron chi connectivity index (χ4n) is 1.18. The Morgan fingerprint density at radius 2 is 2.27 bits per heavy atom. The third kappa shape index (κ3) is 4.17. The zero-order valence-electron chi connectivity index (χ0n) is 8.88. The Hall–Kier alpha value is -1.28. The van der Waals surface area contributed by atoms with Gasteiger partial charge in [0, 0.05) is 18.5 Å². The Morgan fingerprint density at radius 3 is 2.93 bits per heavy atom. The van der Waals surface area contributed by atoms with Gasteiger partial charge in [0.1, 0.15) is 0 Å². The summed E-state index contributed by atoms with van der Waals surface area (Å²) in [5, 5.41) is 3.41. The van der Waals surface area contributed by atoms with E-state index in [9.17, 15) is 4.79 Å². The molecule has 0 atom stereocenters. The topological polar surface area (TPSA) is 29.1 Å². The lowest BCUT2D eigenvalue weighted by Crippen LogP contribution is -2.19. The van der Waals surface area contributed by atoms with Crippen LogP contribution in [0.25, 0.3) is 6.08 Å². The molecule has 1 aromatic carbocycles. The molecule has 15 heavy (non-hydrogen) atoms. The van der Waals surface area contributed by atoms with E-state index in [1.165, 1.54) is 12.5 Å². The summed E-state index contributed by atoms with van der Waals surface area (Å²) in [5.74, 6) is -0.0255. The van der Waals surface area contributed by atoms with E-state index in [2.05, 4.69) is 5.32 Å². The molecule has 1 aromatic rings. The van der Waals surface area contributed by atoms with Crippen molar-refractivity contribution in [2.24, 2.45) is 0 Å². The Bertz CT molecular complexity index is 385. The molecule has 1 amide bonds. The van der Waals surface area contributed by atoms with E-state index in [-0.39, 0.29) is 5.91 Å². The predicted molar refractivity (Wildman–Crippen MR) is 63.9 cm³/mol. The molecule has 1 rings (SSSR count). The summed E-state index contributed by atoms with van der Waals surface area (Å²) >= 11 is 5.88. The summed E-state index contributed by atoms with van der Waals surface area (Å²) in [7, 11) is 0. The van der Waals surface area contributed by atoms with Crippen molar-refractivity contribution in [1.82, 2.24) is 5.32 Å². The van der Waals surface area contributed by atoms with Gasteiger partial charge >= 0.3 is 0 Å². The van der Waals surface area contributed by atoms with Crippen LogP contribution in [0, 0.1) is 6.92 Å². The van der Waals surface area contributed by atoms with E-state index in [1.807, 2.05) is 37.3 Å². The average Bonchev–Trinajstić information content (AvgIpc) is 2.17. The van der Waals surface area contributed by atoms with Gasteiger partial charge in [-0.15, -0.1) is 0 Å². The molecule has 0 aliphatic rings. The third-order valence-electron chi connectivity index (χ3n) is 2.01. The van der Waals surface area contributed by atoms with Crippen molar-refractivity contribution in [3.05, 3.63) is 40.4 Å². The fourth-order valence-corrected chi connectivity index (χ4v) is 1.36. The molecule has 0 fully saturated rings. The van der Waals surface area contributed by atoms with E-state index in [1.54, 1.807) is 0 Å². The van der Waals surface area contributed by atoms with Crippen LogP contribution in [-0.4, -0.2) is 12.5 Å². The molecule has 0 heterocycles. The highest BCUT2D eigenvalue weighted by Crippen LogP contribution is 2.16. The Labute approximate surface area is 94.9 Å². The van der Waals surface area contributed by atoms with Crippen LogP contribution in [0.4, 0.5) is 0 Å². The number of aryl methyl sites for hydroxylation is 1. The number of rotatable bonds is 3. The highest BCUT2D eigenvalue weighted by atomic mass is 35.5. The minimum absolute atomic E-state index is 0.0255. The van der Waals surface area contributed by atoms with Crippen molar-refractivity contribution in [3.8, 4) is 0 Å². The molecule has 3 heteroatoms. The van der Waals surface area contributed by atoms with E-state index in [0.29, 0.717) is 6.54 Å². The molecule has 1 N–H and O–H groups in total. The molecule has 0 spiro atoms. The molecule has 0 radical (unpaired) electrons. The minimum atomic E-state index is -0.0255. The Balaban J connectivity index is 2.63. The van der Waals surface area contributed by atoms with E-state index in [4.69, 9.17) is 11.6 Å². The van der Waals surface area contributed by atoms with Crippen LogP contribution in [0.3, 0.4) is 0 Å². The maximum absolute atomic E-state index is 10.6. The Kier molecular flexibility index (Phi) is 4.37. The van der Waals surface area contributed by atoms with Crippen molar-refractivity contribution in [2.75, 3.05) is 6.54 Å². The van der Waals surface area contributed by atoms with Crippen LogP contribution in [0.1, 0.15) is 18.1 Å². The summed E-state index contributed by atoms with van der Waals surface area (Å²) < 4.78 is 0. The number of hydrogen-bond donors (Lipinski definition) is 1. The molecular weight excluding hydrogens is 210 g/mol. The predicted octanol–water partition coefficient (Wildman–Crippen LogP) is 2.80. The van der Waals surface area contributed by atoms with Gasteiger partial charge in [-0.3, -0.25) is 4.79 Å². The second kappa shape index (κ2) is 5.56. The first kappa shape index (κ1) is 11.8. The fraction of sp³-hybridized carbons (Fsp3) is 0.250. The monoisotopic (exact) mass is 223 g/mol. The zero-order chi connectivity index (χ0) is 11.3. The van der Waals surface area contributed by atoms with Gasteiger partial charge in [-0.2, -0.15) is 0 Å². The zero-order valence-corrected chi connectivity index (χ0v) is 9.64. The number of carbonyl (C=O) groups is 1. The smallest absolute Gasteiger partial charge is 0.217 e. The van der Waals surface area contributed by atoms with Gasteiger partial charge in [-0.05, 0) is 30.2 Å². The van der Waals surface area contributed by atoms with Crippen LogP contribution in [-0.2, 0) is 4.79 Å². The summed E-state index contributed by atoms with van der Waals surface area (Å²) in [5.41, 5.74) is 2.24. The second-order valence-electron chi connectivity index (χ2n) is 3.34. The van der Waals surface area contributed by atoms with E-state index in [0.717, 1.165) is 10.6 Å². The number of carbonyl (C=O) groups excluding carboxylic acids is 1. The van der Waals surface area contributed by atoms with Gasteiger partial charge in [0.25, 0.3) is 0 Å². The first-order chi connectivity index (χ1) is 7.09. The number of benzene rings is 1. The largest absolute Gasteiger partial charge is 0.353 e. The molecule has 0 aromatic heterocycles. The van der Waals surface area contributed by atoms with Crippen LogP contribution in [0.5, 0.6) is 0 Å². The maximum Gasteiger partial charge on any atom is 0.217 e. The molecule has 0 bridgehead atoms. The van der Waals surface area contributed by atoms with Crippen molar-refractivity contribution in [3.63, 3.8) is 0 Å². The van der Waals surface area contributed by atoms with Crippen molar-refractivity contribution in [2.45, 2.75) is 13.8 Å². The van der Waals surface area contributed by atoms with Gasteiger partial charge in [0.05, 0.1) is 0 Å². The molecule has 0 aliphatic heterocycles. The quantitative estimate of drug-likeness (QED) is 0.839. The van der Waals surface area contributed by atoms with Gasteiger partial charge in [0.15, 0.2) is 0 Å². The third-order valence-corrected chi connectivity index (χ3v) is 2.24. The molecule has 80 valence electrons. The standard InChI is InChI=1S/C12H14ClNO/c1-9-5-6-12(13)8-11(9)4-3-7-14-10(2)15/h3-6,8H,7H2,1-2H3,(H,14,15). The summed E-state index contributed by atoms with van der Waals surface area (Å²) in [6.45, 7) is 4.06. The first-order valence-electron chi connectivity index (χ1n) is 4.76. The van der Waals surface area contributed by atoms with Crippen molar-refractivity contribution < 1.29 is 4.79 Å². The molecule has 0 saturated carbocycles. The minimum Gasteiger partial charge on any atom is -0.353 e. The molecule has 2 nitrogen and oxygen atoms in total. The van der Waals surface area contributed by atoms with Crippen LogP contribution in [0.15, 0.2) is 24.3 Å². The van der Waals surface area contributed by atoms with Crippen molar-refractivity contribution in [1.29, 1.82) is 0 Å². The summed E-state index contributed by atoms with van der Waals surface area (Å²) in [6.07, 6.45) is 3.86. The number of amides is 1. The van der Waals surface area contributed by atoms with E-state index < -0.39 is 0 Å². The van der Waals surface area contributed by atoms with Gasteiger partial charge in [-0.25, -0.2) is 0 Å². The SMILES string of the molecule is CC(=O)NCC=Cc1cc(Cl)ccc1C.